The van der Waals surface area contributed by atoms with Gasteiger partial charge in [-0.05, 0) is 38.5 Å². The van der Waals surface area contributed by atoms with Crippen molar-refractivity contribution in [1.82, 2.24) is 5.06 Å². The Kier molecular flexibility index (Phi) is 2.79. The molecule has 3 rings (SSSR count). The third kappa shape index (κ3) is 1.50. The predicted octanol–water partition coefficient (Wildman–Crippen LogP) is 1.48. The number of piperidine rings is 1. The highest BCUT2D eigenvalue weighted by molar-refractivity contribution is 5.59. The molecule has 3 aliphatic rings. The first-order chi connectivity index (χ1) is 8.31. The smallest absolute Gasteiger partial charge is 0.127 e. The van der Waals surface area contributed by atoms with Gasteiger partial charge in [0.15, 0.2) is 0 Å². The Hall–Kier alpha value is -0.740. The Balaban J connectivity index is 1.92. The Bertz CT molecular complexity index is 329. The molecule has 4 heteroatoms. The molecule has 2 aliphatic heterocycles. The van der Waals surface area contributed by atoms with Gasteiger partial charge in [-0.3, -0.25) is 4.84 Å². The fraction of sp³-hybridized carbons (Fsp3) is 0.846. The van der Waals surface area contributed by atoms with Crippen LogP contribution in [0.3, 0.4) is 0 Å². The van der Waals surface area contributed by atoms with E-state index in [4.69, 9.17) is 4.84 Å². The van der Waals surface area contributed by atoms with Crippen molar-refractivity contribution in [3.8, 4) is 0 Å². The summed E-state index contributed by atoms with van der Waals surface area (Å²) < 4.78 is 0. The number of nitrogens with zero attached hydrogens (tertiary/aromatic N) is 1. The lowest BCUT2D eigenvalue weighted by atomic mass is 9.68. The van der Waals surface area contributed by atoms with Crippen LogP contribution in [0.2, 0.25) is 0 Å². The van der Waals surface area contributed by atoms with E-state index in [1.54, 1.807) is 0 Å². The third-order valence-electron chi connectivity index (χ3n) is 4.80. The molecule has 1 spiro atoms. The van der Waals surface area contributed by atoms with E-state index in [2.05, 4.69) is 0 Å². The van der Waals surface area contributed by atoms with Gasteiger partial charge in [-0.25, -0.2) is 0 Å². The summed E-state index contributed by atoms with van der Waals surface area (Å²) in [5.41, 5.74) is -0.0867. The van der Waals surface area contributed by atoms with Crippen LogP contribution in [-0.4, -0.2) is 35.3 Å². The van der Waals surface area contributed by atoms with Crippen molar-refractivity contribution < 1.29 is 14.4 Å². The molecule has 2 heterocycles. The van der Waals surface area contributed by atoms with Crippen LogP contribution in [-0.2, 0) is 14.4 Å². The van der Waals surface area contributed by atoms with E-state index in [-0.39, 0.29) is 23.6 Å². The summed E-state index contributed by atoms with van der Waals surface area (Å²) in [4.78, 5) is 28.1. The zero-order valence-electron chi connectivity index (χ0n) is 10.0. The highest BCUT2D eigenvalue weighted by Crippen LogP contribution is 2.52. The standard InChI is InChI=1S/C13H19NO3/c15-8-5-10-3-1-6-13-7-2-4-12(11(13)9-16)17-14(10)13/h8-12H,1-7H2/t10-,11?,12?,13?/m0/s1. The predicted molar refractivity (Wildman–Crippen MR) is 61.2 cm³/mol. The van der Waals surface area contributed by atoms with Gasteiger partial charge in [0.2, 0.25) is 0 Å². The molecule has 1 aliphatic carbocycles. The summed E-state index contributed by atoms with van der Waals surface area (Å²) in [5, 5.41) is 2.04. The molecule has 0 aromatic heterocycles. The SMILES string of the molecule is O=CC[C@@H]1CCCC23CCCC(ON12)C3C=O. The average molecular weight is 237 g/mol. The van der Waals surface area contributed by atoms with Crippen LogP contribution >= 0.6 is 0 Å². The summed E-state index contributed by atoms with van der Waals surface area (Å²) in [5.74, 6) is 0.0192. The van der Waals surface area contributed by atoms with Crippen LogP contribution in [0.4, 0.5) is 0 Å². The van der Waals surface area contributed by atoms with Crippen LogP contribution in [0.15, 0.2) is 0 Å². The van der Waals surface area contributed by atoms with Crippen LogP contribution in [0.5, 0.6) is 0 Å². The maximum atomic E-state index is 11.4. The molecular weight excluding hydrogens is 218 g/mol. The fourth-order valence-corrected chi connectivity index (χ4v) is 4.08. The molecule has 17 heavy (non-hydrogen) atoms. The van der Waals surface area contributed by atoms with Gasteiger partial charge >= 0.3 is 0 Å². The molecule has 0 N–H and O–H groups in total. The van der Waals surface area contributed by atoms with Crippen molar-refractivity contribution in [3.63, 3.8) is 0 Å². The van der Waals surface area contributed by atoms with Crippen molar-refractivity contribution in [2.45, 2.75) is 62.6 Å². The molecule has 0 amide bonds. The van der Waals surface area contributed by atoms with E-state index in [1.807, 2.05) is 5.06 Å². The van der Waals surface area contributed by atoms with Crippen molar-refractivity contribution >= 4 is 12.6 Å². The van der Waals surface area contributed by atoms with Gasteiger partial charge in [0.05, 0.1) is 17.6 Å². The minimum absolute atomic E-state index is 0.0192. The quantitative estimate of drug-likeness (QED) is 0.698. The molecule has 3 fully saturated rings. The minimum atomic E-state index is -0.0867. The van der Waals surface area contributed by atoms with E-state index in [9.17, 15) is 9.59 Å². The largest absolute Gasteiger partial charge is 0.303 e. The van der Waals surface area contributed by atoms with E-state index < -0.39 is 0 Å². The maximum absolute atomic E-state index is 11.4. The Morgan fingerprint density at radius 1 is 1.24 bits per heavy atom. The molecule has 0 aromatic rings. The van der Waals surface area contributed by atoms with Gasteiger partial charge in [-0.15, -0.1) is 0 Å². The van der Waals surface area contributed by atoms with Crippen molar-refractivity contribution in [3.05, 3.63) is 0 Å². The second kappa shape index (κ2) is 4.18. The molecule has 4 nitrogen and oxygen atoms in total. The third-order valence-corrected chi connectivity index (χ3v) is 4.80. The number of hydrogen-bond donors (Lipinski definition) is 0. The monoisotopic (exact) mass is 237 g/mol. The lowest BCUT2D eigenvalue weighted by Gasteiger charge is -2.47. The Labute approximate surface area is 101 Å². The number of fused-ring (bicyclic) bond motifs is 1. The van der Waals surface area contributed by atoms with E-state index in [0.717, 1.165) is 51.1 Å². The summed E-state index contributed by atoms with van der Waals surface area (Å²) in [6.45, 7) is 0. The number of aldehydes is 2. The van der Waals surface area contributed by atoms with Crippen LogP contribution in [0, 0.1) is 5.92 Å². The van der Waals surface area contributed by atoms with Gasteiger partial charge in [-0.1, -0.05) is 0 Å². The molecule has 2 saturated heterocycles. The average Bonchev–Trinajstić information content (AvgIpc) is 2.51. The number of hydrogen-bond acceptors (Lipinski definition) is 4. The second-order valence-electron chi connectivity index (χ2n) is 5.58. The van der Waals surface area contributed by atoms with E-state index in [1.165, 1.54) is 0 Å². The van der Waals surface area contributed by atoms with Gasteiger partial charge in [0.25, 0.3) is 0 Å². The summed E-state index contributed by atoms with van der Waals surface area (Å²) >= 11 is 0. The molecule has 2 bridgehead atoms. The highest BCUT2D eigenvalue weighted by Gasteiger charge is 2.59. The van der Waals surface area contributed by atoms with Crippen molar-refractivity contribution in [1.29, 1.82) is 0 Å². The number of carbonyl (C=O) groups excluding carboxylic acids is 2. The molecule has 1 saturated carbocycles. The lowest BCUT2D eigenvalue weighted by molar-refractivity contribution is -0.221. The number of rotatable bonds is 3. The van der Waals surface area contributed by atoms with Gasteiger partial charge in [-0.2, -0.15) is 5.06 Å². The van der Waals surface area contributed by atoms with E-state index >= 15 is 0 Å². The molecule has 0 aromatic carbocycles. The first-order valence-corrected chi connectivity index (χ1v) is 6.67. The zero-order valence-corrected chi connectivity index (χ0v) is 10.0. The minimum Gasteiger partial charge on any atom is -0.303 e. The van der Waals surface area contributed by atoms with Crippen LogP contribution in [0.25, 0.3) is 0 Å². The topological polar surface area (TPSA) is 46.6 Å². The van der Waals surface area contributed by atoms with Crippen molar-refractivity contribution in [2.75, 3.05) is 0 Å². The lowest BCUT2D eigenvalue weighted by Crippen LogP contribution is -2.56. The normalized spacial score (nSPS) is 45.3. The summed E-state index contributed by atoms with van der Waals surface area (Å²) in [6.07, 6.45) is 8.99. The van der Waals surface area contributed by atoms with Gasteiger partial charge in [0, 0.05) is 12.5 Å². The van der Waals surface area contributed by atoms with Crippen molar-refractivity contribution in [2.24, 2.45) is 5.92 Å². The summed E-state index contributed by atoms with van der Waals surface area (Å²) in [7, 11) is 0. The summed E-state index contributed by atoms with van der Waals surface area (Å²) in [6, 6.07) is 0.187. The van der Waals surface area contributed by atoms with Crippen LogP contribution in [0.1, 0.15) is 44.9 Å². The zero-order chi connectivity index (χ0) is 11.9. The fourth-order valence-electron chi connectivity index (χ4n) is 4.08. The second-order valence-corrected chi connectivity index (χ2v) is 5.58. The van der Waals surface area contributed by atoms with Crippen LogP contribution < -0.4 is 0 Å². The van der Waals surface area contributed by atoms with E-state index in [0.29, 0.717) is 6.42 Å². The maximum Gasteiger partial charge on any atom is 0.127 e. The molecular formula is C13H19NO3. The number of carbonyl (C=O) groups is 2. The van der Waals surface area contributed by atoms with Gasteiger partial charge < -0.3 is 9.59 Å². The van der Waals surface area contributed by atoms with Gasteiger partial charge in [0.1, 0.15) is 12.6 Å². The Morgan fingerprint density at radius 2 is 2.00 bits per heavy atom. The number of hydroxylamine groups is 2. The molecule has 3 unspecified atom stereocenters. The highest BCUT2D eigenvalue weighted by atomic mass is 16.7. The Morgan fingerprint density at radius 3 is 2.71 bits per heavy atom. The molecule has 4 atom stereocenters. The molecule has 0 radical (unpaired) electrons. The molecule has 94 valence electrons. The first-order valence-electron chi connectivity index (χ1n) is 6.67. The first kappa shape index (κ1) is 11.4.